The van der Waals surface area contributed by atoms with Crippen LogP contribution in [0.15, 0.2) is 52.9 Å². The molecule has 1 amide bonds. The molecule has 6 heteroatoms. The number of anilines is 1. The van der Waals surface area contributed by atoms with Gasteiger partial charge in [0.15, 0.2) is 0 Å². The highest BCUT2D eigenvalue weighted by Crippen LogP contribution is 2.26. The molecule has 2 heterocycles. The normalized spacial score (nSPS) is 16.6. The Bertz CT molecular complexity index is 929. The van der Waals surface area contributed by atoms with E-state index in [1.54, 1.807) is 0 Å². The summed E-state index contributed by atoms with van der Waals surface area (Å²) in [6.07, 6.45) is 1.31. The topological polar surface area (TPSA) is 77.2 Å². The van der Waals surface area contributed by atoms with E-state index in [1.807, 2.05) is 55.5 Å². The van der Waals surface area contributed by atoms with Crippen LogP contribution in [0.5, 0.6) is 0 Å². The number of carbonyl (C=O) groups is 1. The van der Waals surface area contributed by atoms with Crippen LogP contribution in [0.25, 0.3) is 22.9 Å². The Balaban J connectivity index is 1.54. The molecule has 2 aromatic carbocycles. The fourth-order valence-corrected chi connectivity index (χ4v) is 2.97. The third-order valence-corrected chi connectivity index (χ3v) is 4.29. The number of amides is 1. The fraction of sp³-hybridized carbons (Fsp3) is 0.250. The lowest BCUT2D eigenvalue weighted by Gasteiger charge is -2.10. The van der Waals surface area contributed by atoms with E-state index >= 15 is 0 Å². The Morgan fingerprint density at radius 3 is 2.50 bits per heavy atom. The molecule has 0 radical (unpaired) electrons. The summed E-state index contributed by atoms with van der Waals surface area (Å²) in [6, 6.07) is 15.3. The predicted molar refractivity (Wildman–Crippen MR) is 97.5 cm³/mol. The van der Waals surface area contributed by atoms with Crippen LogP contribution in [-0.4, -0.2) is 28.8 Å². The van der Waals surface area contributed by atoms with Gasteiger partial charge in [0.25, 0.3) is 5.91 Å². The van der Waals surface area contributed by atoms with E-state index in [0.29, 0.717) is 24.1 Å². The number of hydrogen-bond donors (Lipinski definition) is 1. The highest BCUT2D eigenvalue weighted by Gasteiger charge is 2.23. The minimum Gasteiger partial charge on any atom is -0.416 e. The Hall–Kier alpha value is -2.99. The minimum absolute atomic E-state index is 0.120. The second-order valence-electron chi connectivity index (χ2n) is 6.35. The lowest BCUT2D eigenvalue weighted by molar-refractivity contribution is -0.124. The zero-order chi connectivity index (χ0) is 17.9. The number of hydrogen-bond acceptors (Lipinski definition) is 5. The van der Waals surface area contributed by atoms with Crippen LogP contribution < -0.4 is 5.32 Å². The van der Waals surface area contributed by atoms with Crippen molar-refractivity contribution in [1.82, 2.24) is 10.2 Å². The van der Waals surface area contributed by atoms with Crippen LogP contribution in [0.1, 0.15) is 18.4 Å². The van der Waals surface area contributed by atoms with Gasteiger partial charge in [0.2, 0.25) is 11.8 Å². The molecule has 1 aliphatic heterocycles. The van der Waals surface area contributed by atoms with Gasteiger partial charge in [0.05, 0.1) is 0 Å². The summed E-state index contributed by atoms with van der Waals surface area (Å²) in [7, 11) is 0. The molecular weight excluding hydrogens is 330 g/mol. The Morgan fingerprint density at radius 2 is 1.81 bits per heavy atom. The standard InChI is InChI=1S/C20H19N3O3/c1-13-5-2-6-14(11-13)19-22-23-20(26-19)15-7-3-8-16(12-15)21-18(24)17-9-4-10-25-17/h2-3,5-8,11-12,17H,4,9-10H2,1H3,(H,21,24). The number of ether oxygens (including phenoxy) is 1. The first-order chi connectivity index (χ1) is 12.7. The van der Waals surface area contributed by atoms with Crippen molar-refractivity contribution < 1.29 is 13.9 Å². The van der Waals surface area contributed by atoms with Crippen LogP contribution in [0.4, 0.5) is 5.69 Å². The van der Waals surface area contributed by atoms with Gasteiger partial charge >= 0.3 is 0 Å². The first-order valence-corrected chi connectivity index (χ1v) is 8.62. The molecule has 0 saturated carbocycles. The summed E-state index contributed by atoms with van der Waals surface area (Å²) >= 11 is 0. The molecule has 132 valence electrons. The van der Waals surface area contributed by atoms with E-state index in [-0.39, 0.29) is 12.0 Å². The van der Waals surface area contributed by atoms with Gasteiger partial charge in [-0.15, -0.1) is 10.2 Å². The molecule has 1 aromatic heterocycles. The molecule has 6 nitrogen and oxygen atoms in total. The summed E-state index contributed by atoms with van der Waals surface area (Å²) in [5.74, 6) is 0.762. The lowest BCUT2D eigenvalue weighted by Crippen LogP contribution is -2.26. The maximum Gasteiger partial charge on any atom is 0.253 e. The highest BCUT2D eigenvalue weighted by molar-refractivity contribution is 5.94. The molecular formula is C20H19N3O3. The number of nitrogens with zero attached hydrogens (tertiary/aromatic N) is 2. The maximum atomic E-state index is 12.2. The third-order valence-electron chi connectivity index (χ3n) is 4.29. The van der Waals surface area contributed by atoms with E-state index in [9.17, 15) is 4.79 Å². The Morgan fingerprint density at radius 1 is 1.08 bits per heavy atom. The van der Waals surface area contributed by atoms with Crippen molar-refractivity contribution in [2.45, 2.75) is 25.9 Å². The minimum atomic E-state index is -0.366. The molecule has 1 aliphatic rings. The molecule has 0 bridgehead atoms. The first kappa shape index (κ1) is 16.5. The molecule has 1 saturated heterocycles. The third kappa shape index (κ3) is 3.50. The van der Waals surface area contributed by atoms with Crippen LogP contribution in [-0.2, 0) is 9.53 Å². The molecule has 26 heavy (non-hydrogen) atoms. The van der Waals surface area contributed by atoms with Crippen LogP contribution in [0.3, 0.4) is 0 Å². The van der Waals surface area contributed by atoms with Gasteiger partial charge in [0.1, 0.15) is 6.10 Å². The van der Waals surface area contributed by atoms with Gasteiger partial charge in [-0.1, -0.05) is 23.8 Å². The van der Waals surface area contributed by atoms with Crippen molar-refractivity contribution in [3.63, 3.8) is 0 Å². The number of carbonyl (C=O) groups excluding carboxylic acids is 1. The van der Waals surface area contributed by atoms with Crippen molar-refractivity contribution in [1.29, 1.82) is 0 Å². The number of aryl methyl sites for hydroxylation is 1. The summed E-state index contributed by atoms with van der Waals surface area (Å²) < 4.78 is 11.2. The molecule has 0 spiro atoms. The van der Waals surface area contributed by atoms with Crippen molar-refractivity contribution in [3.8, 4) is 22.9 Å². The second-order valence-corrected chi connectivity index (χ2v) is 6.35. The second kappa shape index (κ2) is 7.09. The highest BCUT2D eigenvalue weighted by atomic mass is 16.5. The number of benzene rings is 2. The summed E-state index contributed by atoms with van der Waals surface area (Å²) in [5.41, 5.74) is 3.44. The van der Waals surface area contributed by atoms with Crippen molar-refractivity contribution in [3.05, 3.63) is 54.1 Å². The van der Waals surface area contributed by atoms with E-state index < -0.39 is 0 Å². The van der Waals surface area contributed by atoms with Crippen LogP contribution in [0, 0.1) is 6.92 Å². The smallest absolute Gasteiger partial charge is 0.253 e. The number of aromatic nitrogens is 2. The van der Waals surface area contributed by atoms with Crippen LogP contribution in [0.2, 0.25) is 0 Å². The molecule has 1 fully saturated rings. The number of nitrogens with one attached hydrogen (secondary N) is 1. The molecule has 4 rings (SSSR count). The summed E-state index contributed by atoms with van der Waals surface area (Å²) in [6.45, 7) is 2.66. The maximum absolute atomic E-state index is 12.2. The van der Waals surface area contributed by atoms with E-state index in [0.717, 1.165) is 29.5 Å². The zero-order valence-corrected chi connectivity index (χ0v) is 14.4. The van der Waals surface area contributed by atoms with Gasteiger partial charge in [-0.25, -0.2) is 0 Å². The lowest BCUT2D eigenvalue weighted by atomic mass is 10.1. The molecule has 1 atom stereocenters. The fourth-order valence-electron chi connectivity index (χ4n) is 2.97. The molecule has 0 aliphatic carbocycles. The van der Waals surface area contributed by atoms with Crippen molar-refractivity contribution >= 4 is 11.6 Å². The van der Waals surface area contributed by atoms with Gasteiger partial charge in [0, 0.05) is 23.4 Å². The number of rotatable bonds is 4. The van der Waals surface area contributed by atoms with E-state index in [2.05, 4.69) is 15.5 Å². The average molecular weight is 349 g/mol. The van der Waals surface area contributed by atoms with E-state index in [4.69, 9.17) is 9.15 Å². The monoisotopic (exact) mass is 349 g/mol. The summed E-state index contributed by atoms with van der Waals surface area (Å²) in [5, 5.41) is 11.2. The predicted octanol–water partition coefficient (Wildman–Crippen LogP) is 3.83. The SMILES string of the molecule is Cc1cccc(-c2nnc(-c3cccc(NC(=O)C4CCCO4)c3)o2)c1. The molecule has 1 unspecified atom stereocenters. The Kier molecular flexibility index (Phi) is 4.50. The van der Waals surface area contributed by atoms with Crippen molar-refractivity contribution in [2.75, 3.05) is 11.9 Å². The van der Waals surface area contributed by atoms with Gasteiger partial charge in [-0.2, -0.15) is 0 Å². The van der Waals surface area contributed by atoms with Crippen LogP contribution >= 0.6 is 0 Å². The quantitative estimate of drug-likeness (QED) is 0.774. The van der Waals surface area contributed by atoms with Gasteiger partial charge < -0.3 is 14.5 Å². The van der Waals surface area contributed by atoms with Gasteiger partial charge in [-0.3, -0.25) is 4.79 Å². The molecule has 3 aromatic rings. The first-order valence-electron chi connectivity index (χ1n) is 8.62. The van der Waals surface area contributed by atoms with Gasteiger partial charge in [-0.05, 0) is 50.1 Å². The largest absolute Gasteiger partial charge is 0.416 e. The zero-order valence-electron chi connectivity index (χ0n) is 14.4. The average Bonchev–Trinajstić information content (AvgIpc) is 3.34. The molecule has 1 N–H and O–H groups in total. The summed E-state index contributed by atoms with van der Waals surface area (Å²) in [4.78, 5) is 12.2. The van der Waals surface area contributed by atoms with E-state index in [1.165, 1.54) is 0 Å². The Labute approximate surface area is 151 Å². The van der Waals surface area contributed by atoms with Crippen molar-refractivity contribution in [2.24, 2.45) is 0 Å².